The topological polar surface area (TPSA) is 107 Å². The molecule has 8 nitrogen and oxygen atoms in total. The summed E-state index contributed by atoms with van der Waals surface area (Å²) >= 11 is 0. The molecule has 1 aromatic heterocycles. The number of para-hydroxylation sites is 1. The fourth-order valence-electron chi connectivity index (χ4n) is 5.25. The van der Waals surface area contributed by atoms with Crippen LogP contribution in [0.25, 0.3) is 0 Å². The lowest BCUT2D eigenvalue weighted by atomic mass is 9.87. The van der Waals surface area contributed by atoms with Crippen molar-refractivity contribution in [3.05, 3.63) is 83.2 Å². The maximum atomic E-state index is 14.4. The van der Waals surface area contributed by atoms with Gasteiger partial charge in [0.05, 0.1) is 40.7 Å². The van der Waals surface area contributed by atoms with Gasteiger partial charge in [0.25, 0.3) is 0 Å². The second-order valence-electron chi connectivity index (χ2n) is 10.1. The molecule has 1 aliphatic heterocycles. The van der Waals surface area contributed by atoms with Gasteiger partial charge in [0, 0.05) is 29.9 Å². The lowest BCUT2D eigenvalue weighted by Gasteiger charge is -2.41. The first kappa shape index (κ1) is 26.9. The summed E-state index contributed by atoms with van der Waals surface area (Å²) in [4.78, 5) is 24.2. The second kappa shape index (κ2) is 11.2. The van der Waals surface area contributed by atoms with Crippen LogP contribution in [-0.2, 0) is 21.4 Å². The highest BCUT2D eigenvalue weighted by molar-refractivity contribution is 7.89. The van der Waals surface area contributed by atoms with Crippen LogP contribution in [0, 0.1) is 24.1 Å². The van der Waals surface area contributed by atoms with Gasteiger partial charge in [-0.05, 0) is 50.5 Å². The van der Waals surface area contributed by atoms with Crippen molar-refractivity contribution in [1.82, 2.24) is 14.3 Å². The molecule has 2 aromatic carbocycles. The first-order valence-corrected chi connectivity index (χ1v) is 14.6. The number of sulfonamides is 1. The number of carbonyl (C=O) groups excluding carboxylic acids is 1. The number of halogens is 1. The molecule has 3 aromatic rings. The first-order valence-electron chi connectivity index (χ1n) is 13.2. The number of benzene rings is 2. The zero-order chi connectivity index (χ0) is 27.6. The average Bonchev–Trinajstić information content (AvgIpc) is 2.93. The highest BCUT2D eigenvalue weighted by Gasteiger charge is 2.45. The highest BCUT2D eigenvalue weighted by Crippen LogP contribution is 2.33. The van der Waals surface area contributed by atoms with Crippen LogP contribution in [0.4, 0.5) is 10.1 Å². The SMILES string of the molecule is Cc1c(F)cc(S(=O)(=O)N2CC[C@@H]2C(=O)N(Cc2cnc(C3CCCCC3)cn2)c2ccccc2)cc1C#N. The number of carbonyl (C=O) groups is 1. The molecule has 1 amide bonds. The zero-order valence-electron chi connectivity index (χ0n) is 21.8. The van der Waals surface area contributed by atoms with Crippen molar-refractivity contribution in [3.8, 4) is 6.07 Å². The summed E-state index contributed by atoms with van der Waals surface area (Å²) < 4.78 is 42.3. The lowest BCUT2D eigenvalue weighted by molar-refractivity contribution is -0.125. The van der Waals surface area contributed by atoms with Gasteiger partial charge in [-0.1, -0.05) is 37.5 Å². The van der Waals surface area contributed by atoms with Crippen molar-refractivity contribution in [3.63, 3.8) is 0 Å². The number of aromatic nitrogens is 2. The van der Waals surface area contributed by atoms with E-state index in [2.05, 4.69) is 9.97 Å². The molecule has 0 N–H and O–H groups in total. The minimum absolute atomic E-state index is 0.0573. The predicted octanol–water partition coefficient (Wildman–Crippen LogP) is 4.84. The second-order valence-corrected chi connectivity index (χ2v) is 12.0. The smallest absolute Gasteiger partial charge is 0.245 e. The van der Waals surface area contributed by atoms with Gasteiger partial charge < -0.3 is 4.90 Å². The van der Waals surface area contributed by atoms with Crippen molar-refractivity contribution >= 4 is 21.6 Å². The number of nitriles is 1. The molecule has 1 aliphatic carbocycles. The van der Waals surface area contributed by atoms with Crippen LogP contribution in [0.5, 0.6) is 0 Å². The van der Waals surface area contributed by atoms with Crippen molar-refractivity contribution in [2.75, 3.05) is 11.4 Å². The molecular weight excluding hydrogens is 517 g/mol. The maximum Gasteiger partial charge on any atom is 0.245 e. The van der Waals surface area contributed by atoms with Crippen LogP contribution >= 0.6 is 0 Å². The van der Waals surface area contributed by atoms with Crippen LogP contribution < -0.4 is 4.90 Å². The summed E-state index contributed by atoms with van der Waals surface area (Å²) in [5, 5.41) is 9.32. The number of hydrogen-bond donors (Lipinski definition) is 0. The van der Waals surface area contributed by atoms with Crippen LogP contribution in [0.2, 0.25) is 0 Å². The third-order valence-corrected chi connectivity index (χ3v) is 9.59. The molecule has 0 unspecified atom stereocenters. The summed E-state index contributed by atoms with van der Waals surface area (Å²) in [6.07, 6.45) is 9.66. The van der Waals surface area contributed by atoms with E-state index in [0.717, 1.165) is 35.0 Å². The van der Waals surface area contributed by atoms with E-state index in [1.165, 1.54) is 31.1 Å². The summed E-state index contributed by atoms with van der Waals surface area (Å²) in [7, 11) is -4.21. The fourth-order valence-corrected chi connectivity index (χ4v) is 6.92. The van der Waals surface area contributed by atoms with Crippen molar-refractivity contribution in [2.24, 2.45) is 0 Å². The lowest BCUT2D eigenvalue weighted by Crippen LogP contribution is -2.59. The Bertz CT molecular complexity index is 1500. The molecule has 39 heavy (non-hydrogen) atoms. The van der Waals surface area contributed by atoms with E-state index in [-0.39, 0.29) is 29.1 Å². The number of hydrogen-bond acceptors (Lipinski definition) is 6. The Morgan fingerprint density at radius 3 is 2.46 bits per heavy atom. The Kier molecular flexibility index (Phi) is 7.73. The highest BCUT2D eigenvalue weighted by atomic mass is 32.2. The van der Waals surface area contributed by atoms with E-state index in [9.17, 15) is 22.9 Å². The van der Waals surface area contributed by atoms with Crippen LogP contribution in [0.15, 0.2) is 59.8 Å². The minimum Gasteiger partial charge on any atom is -0.305 e. The summed E-state index contributed by atoms with van der Waals surface area (Å²) in [5.41, 5.74) is 2.20. The largest absolute Gasteiger partial charge is 0.305 e. The first-order chi connectivity index (χ1) is 18.8. The summed E-state index contributed by atoms with van der Waals surface area (Å²) in [5.74, 6) is -0.770. The van der Waals surface area contributed by atoms with E-state index < -0.39 is 27.8 Å². The Morgan fingerprint density at radius 1 is 1.10 bits per heavy atom. The van der Waals surface area contributed by atoms with E-state index in [1.54, 1.807) is 36.7 Å². The quantitative estimate of drug-likeness (QED) is 0.419. The normalized spacial score (nSPS) is 18.2. The van der Waals surface area contributed by atoms with Gasteiger partial charge in [0.15, 0.2) is 0 Å². The summed E-state index contributed by atoms with van der Waals surface area (Å²) in [6, 6.07) is 12.0. The van der Waals surface area contributed by atoms with Crippen LogP contribution in [-0.4, -0.2) is 41.2 Å². The molecule has 202 valence electrons. The van der Waals surface area contributed by atoms with Crippen molar-refractivity contribution in [2.45, 2.75) is 68.8 Å². The van der Waals surface area contributed by atoms with Gasteiger partial charge in [0.1, 0.15) is 11.9 Å². The van der Waals surface area contributed by atoms with E-state index in [4.69, 9.17) is 0 Å². The Morgan fingerprint density at radius 2 is 1.85 bits per heavy atom. The average molecular weight is 548 g/mol. The fraction of sp³-hybridized carbons (Fsp3) is 0.379. The molecule has 0 radical (unpaired) electrons. The molecule has 1 atom stereocenters. The Labute approximate surface area is 228 Å². The number of amides is 1. The van der Waals surface area contributed by atoms with Crippen molar-refractivity contribution < 1.29 is 17.6 Å². The monoisotopic (exact) mass is 547 g/mol. The van der Waals surface area contributed by atoms with Gasteiger partial charge in [0.2, 0.25) is 15.9 Å². The predicted molar refractivity (Wildman–Crippen MR) is 144 cm³/mol. The van der Waals surface area contributed by atoms with Gasteiger partial charge >= 0.3 is 0 Å². The molecule has 5 rings (SSSR count). The van der Waals surface area contributed by atoms with Crippen molar-refractivity contribution in [1.29, 1.82) is 5.26 Å². The van der Waals surface area contributed by atoms with Gasteiger partial charge in [-0.15, -0.1) is 0 Å². The van der Waals surface area contributed by atoms with Gasteiger partial charge in [-0.25, -0.2) is 12.8 Å². The third kappa shape index (κ3) is 5.42. The maximum absolute atomic E-state index is 14.4. The van der Waals surface area contributed by atoms with E-state index >= 15 is 0 Å². The molecule has 0 bridgehead atoms. The summed E-state index contributed by atoms with van der Waals surface area (Å²) in [6.45, 7) is 1.67. The molecule has 0 spiro atoms. The molecule has 2 fully saturated rings. The molecule has 10 heteroatoms. The third-order valence-electron chi connectivity index (χ3n) is 7.70. The molecule has 2 aliphatic rings. The number of rotatable bonds is 7. The number of nitrogens with zero attached hydrogens (tertiary/aromatic N) is 5. The Balaban J connectivity index is 1.40. The van der Waals surface area contributed by atoms with Crippen LogP contribution in [0.3, 0.4) is 0 Å². The standard InChI is InChI=1S/C29H30FN5O3S/c1-20-22(16-31)14-25(15-26(20)30)39(37,38)35-13-12-28(35)29(36)34(24-10-6-3-7-11-24)19-23-17-33-27(18-32-23)21-8-4-2-5-9-21/h3,6-7,10-11,14-15,17-18,21,28H,2,4-5,8-9,12-13,19H2,1H3/t28-/m1/s1. The number of anilines is 1. The van der Waals surface area contributed by atoms with Gasteiger partial charge in [-0.2, -0.15) is 9.57 Å². The Hall–Kier alpha value is -3.68. The van der Waals surface area contributed by atoms with Crippen LogP contribution in [0.1, 0.15) is 67.0 Å². The zero-order valence-corrected chi connectivity index (χ0v) is 22.6. The van der Waals surface area contributed by atoms with Gasteiger partial charge in [-0.3, -0.25) is 14.8 Å². The molecular formula is C29H30FN5O3S. The molecule has 2 heterocycles. The van der Waals surface area contributed by atoms with E-state index in [1.807, 2.05) is 12.1 Å². The molecule has 1 saturated carbocycles. The molecule has 1 saturated heterocycles. The minimum atomic E-state index is -4.21. The van der Waals surface area contributed by atoms with E-state index in [0.29, 0.717) is 23.7 Å².